The Labute approximate surface area is 138 Å². The first kappa shape index (κ1) is 15.7. The van der Waals surface area contributed by atoms with E-state index in [0.29, 0.717) is 24.2 Å². The van der Waals surface area contributed by atoms with Gasteiger partial charge in [-0.25, -0.2) is 4.98 Å². The molecule has 2 N–H and O–H groups in total. The van der Waals surface area contributed by atoms with Gasteiger partial charge >= 0.3 is 0 Å². The van der Waals surface area contributed by atoms with Gasteiger partial charge in [-0.3, -0.25) is 9.59 Å². The molecule has 2 amide bonds. The van der Waals surface area contributed by atoms with Crippen LogP contribution < -0.4 is 10.6 Å². The molecule has 0 unspecified atom stereocenters. The highest BCUT2D eigenvalue weighted by molar-refractivity contribution is 5.96. The molecule has 0 saturated carbocycles. The number of hydrogen-bond acceptors (Lipinski definition) is 4. The van der Waals surface area contributed by atoms with Crippen LogP contribution in [-0.2, 0) is 11.2 Å². The highest BCUT2D eigenvalue weighted by Crippen LogP contribution is 2.14. The SMILES string of the molecule is CC(=O)Nc1cccc(C(=O)NCCc2ccc3ncoc3c2)c1. The maximum absolute atomic E-state index is 12.2. The smallest absolute Gasteiger partial charge is 0.251 e. The summed E-state index contributed by atoms with van der Waals surface area (Å²) in [4.78, 5) is 27.3. The second kappa shape index (κ2) is 6.95. The third-order valence-corrected chi connectivity index (χ3v) is 3.54. The van der Waals surface area contributed by atoms with Crippen LogP contribution >= 0.6 is 0 Å². The van der Waals surface area contributed by atoms with Crippen LogP contribution in [-0.4, -0.2) is 23.3 Å². The molecule has 6 nitrogen and oxygen atoms in total. The monoisotopic (exact) mass is 323 g/mol. The number of carbonyl (C=O) groups excluding carboxylic acids is 2. The summed E-state index contributed by atoms with van der Waals surface area (Å²) in [5.74, 6) is -0.349. The summed E-state index contributed by atoms with van der Waals surface area (Å²) in [6.07, 6.45) is 2.10. The Morgan fingerprint density at radius 1 is 1.17 bits per heavy atom. The van der Waals surface area contributed by atoms with Crippen molar-refractivity contribution >= 4 is 28.6 Å². The highest BCUT2D eigenvalue weighted by atomic mass is 16.3. The van der Waals surface area contributed by atoms with Crippen molar-refractivity contribution in [2.45, 2.75) is 13.3 Å². The minimum atomic E-state index is -0.178. The van der Waals surface area contributed by atoms with Gasteiger partial charge in [0.15, 0.2) is 12.0 Å². The quantitative estimate of drug-likeness (QED) is 0.756. The van der Waals surface area contributed by atoms with Gasteiger partial charge in [-0.15, -0.1) is 0 Å². The summed E-state index contributed by atoms with van der Waals surface area (Å²) in [7, 11) is 0. The molecular weight excluding hydrogens is 306 g/mol. The van der Waals surface area contributed by atoms with Crippen LogP contribution in [0.4, 0.5) is 5.69 Å². The lowest BCUT2D eigenvalue weighted by Gasteiger charge is -2.07. The molecule has 0 spiro atoms. The number of oxazole rings is 1. The number of amides is 2. The minimum absolute atomic E-state index is 0.171. The molecule has 2 aromatic carbocycles. The van der Waals surface area contributed by atoms with Crippen molar-refractivity contribution in [1.29, 1.82) is 0 Å². The first-order valence-electron chi connectivity index (χ1n) is 7.60. The number of hydrogen-bond donors (Lipinski definition) is 2. The number of nitrogens with one attached hydrogen (secondary N) is 2. The molecule has 0 radical (unpaired) electrons. The third-order valence-electron chi connectivity index (χ3n) is 3.54. The molecule has 1 aromatic heterocycles. The summed E-state index contributed by atoms with van der Waals surface area (Å²) in [5, 5.41) is 5.53. The molecule has 0 aliphatic heterocycles. The summed E-state index contributed by atoms with van der Waals surface area (Å²) in [6, 6.07) is 12.6. The lowest BCUT2D eigenvalue weighted by Crippen LogP contribution is -2.25. The van der Waals surface area contributed by atoms with Gasteiger partial charge in [0.1, 0.15) is 5.52 Å². The largest absolute Gasteiger partial charge is 0.443 e. The van der Waals surface area contributed by atoms with Crippen molar-refractivity contribution < 1.29 is 14.0 Å². The van der Waals surface area contributed by atoms with Crippen LogP contribution in [0.15, 0.2) is 53.3 Å². The lowest BCUT2D eigenvalue weighted by molar-refractivity contribution is -0.114. The number of carbonyl (C=O) groups is 2. The van der Waals surface area contributed by atoms with Crippen molar-refractivity contribution in [3.8, 4) is 0 Å². The Bertz CT molecular complexity index is 886. The molecule has 0 fully saturated rings. The van der Waals surface area contributed by atoms with Gasteiger partial charge in [0.05, 0.1) is 0 Å². The number of rotatable bonds is 5. The minimum Gasteiger partial charge on any atom is -0.443 e. The Hall–Kier alpha value is -3.15. The average molecular weight is 323 g/mol. The number of nitrogens with zero attached hydrogens (tertiary/aromatic N) is 1. The predicted octanol–water partition coefficient (Wildman–Crippen LogP) is 2.76. The van der Waals surface area contributed by atoms with Gasteiger partial charge in [0.25, 0.3) is 5.91 Å². The molecule has 0 atom stereocenters. The van der Waals surface area contributed by atoms with E-state index in [9.17, 15) is 9.59 Å². The summed E-state index contributed by atoms with van der Waals surface area (Å²) >= 11 is 0. The van der Waals surface area contributed by atoms with Crippen LogP contribution in [0, 0.1) is 0 Å². The number of aromatic nitrogens is 1. The van der Waals surface area contributed by atoms with E-state index in [0.717, 1.165) is 16.7 Å². The first-order chi connectivity index (χ1) is 11.6. The second-order valence-electron chi connectivity index (χ2n) is 5.42. The van der Waals surface area contributed by atoms with Gasteiger partial charge in [-0.1, -0.05) is 12.1 Å². The second-order valence-corrected chi connectivity index (χ2v) is 5.42. The average Bonchev–Trinajstić information content (AvgIpc) is 3.02. The van der Waals surface area contributed by atoms with Crippen molar-refractivity contribution in [2.75, 3.05) is 11.9 Å². The molecular formula is C18H17N3O3. The summed E-state index contributed by atoms with van der Waals surface area (Å²) in [6.45, 7) is 1.93. The maximum Gasteiger partial charge on any atom is 0.251 e. The zero-order valence-electron chi connectivity index (χ0n) is 13.2. The summed E-state index contributed by atoms with van der Waals surface area (Å²) < 4.78 is 5.27. The Morgan fingerprint density at radius 3 is 2.88 bits per heavy atom. The van der Waals surface area contributed by atoms with E-state index >= 15 is 0 Å². The normalized spacial score (nSPS) is 10.5. The Morgan fingerprint density at radius 2 is 2.04 bits per heavy atom. The molecule has 0 aliphatic carbocycles. The van der Waals surface area contributed by atoms with Crippen molar-refractivity contribution in [1.82, 2.24) is 10.3 Å². The Kier molecular flexibility index (Phi) is 4.56. The van der Waals surface area contributed by atoms with Gasteiger partial charge in [0, 0.05) is 24.7 Å². The molecule has 3 rings (SSSR count). The van der Waals surface area contributed by atoms with Crippen LogP contribution in [0.1, 0.15) is 22.8 Å². The van der Waals surface area contributed by atoms with Gasteiger partial charge in [0.2, 0.25) is 5.91 Å². The Balaban J connectivity index is 1.58. The maximum atomic E-state index is 12.2. The lowest BCUT2D eigenvalue weighted by atomic mass is 10.1. The highest BCUT2D eigenvalue weighted by Gasteiger charge is 2.07. The van der Waals surface area contributed by atoms with E-state index in [-0.39, 0.29) is 11.8 Å². The van der Waals surface area contributed by atoms with E-state index in [1.54, 1.807) is 24.3 Å². The number of benzene rings is 2. The van der Waals surface area contributed by atoms with E-state index in [4.69, 9.17) is 4.42 Å². The van der Waals surface area contributed by atoms with Crippen molar-refractivity contribution in [3.05, 3.63) is 60.0 Å². The van der Waals surface area contributed by atoms with Crippen LogP contribution in [0.5, 0.6) is 0 Å². The van der Waals surface area contributed by atoms with Crippen molar-refractivity contribution in [3.63, 3.8) is 0 Å². The van der Waals surface area contributed by atoms with Crippen LogP contribution in [0.25, 0.3) is 11.1 Å². The van der Waals surface area contributed by atoms with Crippen molar-refractivity contribution in [2.24, 2.45) is 0 Å². The van der Waals surface area contributed by atoms with Gasteiger partial charge in [-0.05, 0) is 42.3 Å². The van der Waals surface area contributed by atoms with Crippen LogP contribution in [0.3, 0.4) is 0 Å². The molecule has 0 aliphatic rings. The zero-order valence-corrected chi connectivity index (χ0v) is 13.2. The fourth-order valence-corrected chi connectivity index (χ4v) is 2.42. The molecule has 0 saturated heterocycles. The van der Waals surface area contributed by atoms with E-state index in [2.05, 4.69) is 15.6 Å². The molecule has 6 heteroatoms. The molecule has 0 bridgehead atoms. The third kappa shape index (κ3) is 3.78. The van der Waals surface area contributed by atoms with E-state index in [1.807, 2.05) is 18.2 Å². The van der Waals surface area contributed by atoms with Crippen LogP contribution in [0.2, 0.25) is 0 Å². The fraction of sp³-hybridized carbons (Fsp3) is 0.167. The molecule has 24 heavy (non-hydrogen) atoms. The number of fused-ring (bicyclic) bond motifs is 1. The predicted molar refractivity (Wildman–Crippen MR) is 90.8 cm³/mol. The van der Waals surface area contributed by atoms with Gasteiger partial charge in [-0.2, -0.15) is 0 Å². The van der Waals surface area contributed by atoms with Gasteiger partial charge < -0.3 is 15.1 Å². The fourth-order valence-electron chi connectivity index (χ4n) is 2.42. The molecule has 1 heterocycles. The topological polar surface area (TPSA) is 84.2 Å². The first-order valence-corrected chi connectivity index (χ1v) is 7.60. The molecule has 122 valence electrons. The summed E-state index contributed by atoms with van der Waals surface area (Å²) in [5.41, 5.74) is 3.73. The van der Waals surface area contributed by atoms with E-state index < -0.39 is 0 Å². The zero-order chi connectivity index (χ0) is 16.9. The standard InChI is InChI=1S/C18H17N3O3/c1-12(22)21-15-4-2-3-14(10-15)18(23)19-8-7-13-5-6-16-17(9-13)24-11-20-16/h2-6,9-11H,7-8H2,1H3,(H,19,23)(H,21,22). The molecule has 3 aromatic rings. The van der Waals surface area contributed by atoms with E-state index in [1.165, 1.54) is 13.3 Å². The number of anilines is 1.